The molecule has 0 saturated heterocycles. The quantitative estimate of drug-likeness (QED) is 0.821. The number of aromatic amines is 1. The number of methoxy groups -OCH3 is 1. The zero-order valence-electron chi connectivity index (χ0n) is 11.5. The van der Waals surface area contributed by atoms with Gasteiger partial charge in [0.1, 0.15) is 5.75 Å². The fourth-order valence-electron chi connectivity index (χ4n) is 1.89. The van der Waals surface area contributed by atoms with Crippen LogP contribution in [0.2, 0.25) is 0 Å². The molecule has 1 unspecified atom stereocenters. The Kier molecular flexibility index (Phi) is 4.65. The number of nitrogens with zero attached hydrogens (tertiary/aromatic N) is 3. The number of rotatable bonds is 6. The number of hydrogen-bond donors (Lipinski definition) is 2. The lowest BCUT2D eigenvalue weighted by molar-refractivity contribution is -0.121. The molecule has 7 nitrogen and oxygen atoms in total. The predicted molar refractivity (Wildman–Crippen MR) is 72.1 cm³/mol. The number of carbonyl (C=O) groups excluding carboxylic acids is 1. The van der Waals surface area contributed by atoms with Crippen molar-refractivity contribution in [1.29, 1.82) is 0 Å². The largest absolute Gasteiger partial charge is 0.496 e. The third-order valence-corrected chi connectivity index (χ3v) is 2.94. The second-order valence-electron chi connectivity index (χ2n) is 4.37. The van der Waals surface area contributed by atoms with Gasteiger partial charge in [0.2, 0.25) is 5.91 Å². The molecule has 1 aromatic carbocycles. The summed E-state index contributed by atoms with van der Waals surface area (Å²) in [5.74, 6) is 1.20. The Hall–Kier alpha value is -2.44. The predicted octanol–water partition coefficient (Wildman–Crippen LogP) is 1.02. The van der Waals surface area contributed by atoms with Crippen LogP contribution in [0, 0.1) is 0 Å². The molecule has 0 radical (unpaired) electrons. The lowest BCUT2D eigenvalue weighted by atomic mass is 10.1. The van der Waals surface area contributed by atoms with Crippen LogP contribution in [0.5, 0.6) is 5.75 Å². The molecule has 0 fully saturated rings. The molecule has 0 aliphatic carbocycles. The molecule has 2 aromatic rings. The van der Waals surface area contributed by atoms with Crippen molar-refractivity contribution in [2.24, 2.45) is 0 Å². The van der Waals surface area contributed by atoms with Gasteiger partial charge in [-0.2, -0.15) is 5.21 Å². The molecule has 1 amide bonds. The average Bonchev–Trinajstić information content (AvgIpc) is 2.99. The van der Waals surface area contributed by atoms with E-state index in [9.17, 15) is 4.79 Å². The second-order valence-corrected chi connectivity index (χ2v) is 4.37. The average molecular weight is 275 g/mol. The molecule has 2 N–H and O–H groups in total. The van der Waals surface area contributed by atoms with Gasteiger partial charge in [-0.15, -0.1) is 10.2 Å². The van der Waals surface area contributed by atoms with E-state index < -0.39 is 0 Å². The Morgan fingerprint density at radius 2 is 2.25 bits per heavy atom. The number of aryl methyl sites for hydroxylation is 1. The number of para-hydroxylation sites is 1. The fourth-order valence-corrected chi connectivity index (χ4v) is 1.89. The molecule has 1 aromatic heterocycles. The van der Waals surface area contributed by atoms with Gasteiger partial charge >= 0.3 is 0 Å². The first-order chi connectivity index (χ1) is 9.70. The van der Waals surface area contributed by atoms with E-state index in [0.717, 1.165) is 11.3 Å². The molecular formula is C13H17N5O2. The standard InChI is InChI=1S/C13H17N5O2/c1-9(13-15-17-18-16-13)14-12(19)8-7-10-5-3-4-6-11(10)20-2/h3-6,9H,7-8H2,1-2H3,(H,14,19)(H,15,16,17,18). The van der Waals surface area contributed by atoms with Gasteiger partial charge in [-0.05, 0) is 25.0 Å². The molecule has 0 aliphatic rings. The first-order valence-corrected chi connectivity index (χ1v) is 6.35. The highest BCUT2D eigenvalue weighted by Gasteiger charge is 2.13. The van der Waals surface area contributed by atoms with E-state index in [0.29, 0.717) is 18.7 Å². The Balaban J connectivity index is 1.86. The Labute approximate surface area is 116 Å². The highest BCUT2D eigenvalue weighted by molar-refractivity contribution is 5.76. The highest BCUT2D eigenvalue weighted by Crippen LogP contribution is 2.18. The van der Waals surface area contributed by atoms with Crippen LogP contribution in [0.1, 0.15) is 30.8 Å². The van der Waals surface area contributed by atoms with Crippen molar-refractivity contribution >= 4 is 5.91 Å². The Morgan fingerprint density at radius 3 is 2.95 bits per heavy atom. The van der Waals surface area contributed by atoms with Crippen LogP contribution < -0.4 is 10.1 Å². The van der Waals surface area contributed by atoms with Gasteiger partial charge in [0.15, 0.2) is 5.82 Å². The van der Waals surface area contributed by atoms with Crippen molar-refractivity contribution < 1.29 is 9.53 Å². The van der Waals surface area contributed by atoms with Crippen molar-refractivity contribution in [2.45, 2.75) is 25.8 Å². The molecule has 20 heavy (non-hydrogen) atoms. The SMILES string of the molecule is COc1ccccc1CCC(=O)NC(C)c1nn[nH]n1. The summed E-state index contributed by atoms with van der Waals surface area (Å²) >= 11 is 0. The molecule has 0 bridgehead atoms. The first kappa shape index (κ1) is 14.0. The Bertz CT molecular complexity index is 556. The number of benzene rings is 1. The first-order valence-electron chi connectivity index (χ1n) is 6.35. The van der Waals surface area contributed by atoms with Gasteiger partial charge in [0, 0.05) is 6.42 Å². The van der Waals surface area contributed by atoms with E-state index >= 15 is 0 Å². The molecule has 2 rings (SSSR count). The molecular weight excluding hydrogens is 258 g/mol. The lowest BCUT2D eigenvalue weighted by Crippen LogP contribution is -2.27. The number of tetrazole rings is 1. The summed E-state index contributed by atoms with van der Waals surface area (Å²) in [7, 11) is 1.62. The van der Waals surface area contributed by atoms with Crippen LogP contribution in [-0.4, -0.2) is 33.6 Å². The van der Waals surface area contributed by atoms with Crippen molar-refractivity contribution in [3.8, 4) is 5.75 Å². The van der Waals surface area contributed by atoms with Crippen molar-refractivity contribution in [3.05, 3.63) is 35.7 Å². The van der Waals surface area contributed by atoms with Crippen LogP contribution in [0.25, 0.3) is 0 Å². The van der Waals surface area contributed by atoms with Crippen molar-refractivity contribution in [3.63, 3.8) is 0 Å². The van der Waals surface area contributed by atoms with Gasteiger partial charge in [-0.1, -0.05) is 23.4 Å². The zero-order valence-corrected chi connectivity index (χ0v) is 11.5. The zero-order chi connectivity index (χ0) is 14.4. The summed E-state index contributed by atoms with van der Waals surface area (Å²) in [6, 6.07) is 7.40. The molecule has 106 valence electrons. The number of aromatic nitrogens is 4. The van der Waals surface area contributed by atoms with E-state index in [1.165, 1.54) is 0 Å². The lowest BCUT2D eigenvalue weighted by Gasteiger charge is -2.11. The summed E-state index contributed by atoms with van der Waals surface area (Å²) in [6.07, 6.45) is 0.997. The van der Waals surface area contributed by atoms with Gasteiger partial charge in [-0.3, -0.25) is 4.79 Å². The molecule has 0 aliphatic heterocycles. The number of hydrogen-bond acceptors (Lipinski definition) is 5. The smallest absolute Gasteiger partial charge is 0.220 e. The van der Waals surface area contributed by atoms with E-state index in [2.05, 4.69) is 25.9 Å². The van der Waals surface area contributed by atoms with Crippen LogP contribution in [-0.2, 0) is 11.2 Å². The summed E-state index contributed by atoms with van der Waals surface area (Å²) in [5, 5.41) is 16.3. The van der Waals surface area contributed by atoms with Crippen LogP contribution >= 0.6 is 0 Å². The van der Waals surface area contributed by atoms with E-state index in [4.69, 9.17) is 4.74 Å². The third-order valence-electron chi connectivity index (χ3n) is 2.94. The maximum absolute atomic E-state index is 11.9. The van der Waals surface area contributed by atoms with Gasteiger partial charge in [-0.25, -0.2) is 0 Å². The van der Waals surface area contributed by atoms with Gasteiger partial charge in [0.25, 0.3) is 0 Å². The summed E-state index contributed by atoms with van der Waals surface area (Å²) in [5.41, 5.74) is 1.01. The van der Waals surface area contributed by atoms with Gasteiger partial charge < -0.3 is 10.1 Å². The summed E-state index contributed by atoms with van der Waals surface area (Å²) < 4.78 is 5.25. The maximum Gasteiger partial charge on any atom is 0.220 e. The highest BCUT2D eigenvalue weighted by atomic mass is 16.5. The molecule has 7 heteroatoms. The minimum absolute atomic E-state index is 0.0618. The van der Waals surface area contributed by atoms with Crippen LogP contribution in [0.15, 0.2) is 24.3 Å². The topological polar surface area (TPSA) is 92.8 Å². The van der Waals surface area contributed by atoms with Crippen molar-refractivity contribution in [2.75, 3.05) is 7.11 Å². The second kappa shape index (κ2) is 6.65. The Morgan fingerprint density at radius 1 is 1.45 bits per heavy atom. The van der Waals surface area contributed by atoms with E-state index in [1.807, 2.05) is 31.2 Å². The number of nitrogens with one attached hydrogen (secondary N) is 2. The van der Waals surface area contributed by atoms with E-state index in [1.54, 1.807) is 7.11 Å². The minimum atomic E-state index is -0.265. The minimum Gasteiger partial charge on any atom is -0.496 e. The van der Waals surface area contributed by atoms with E-state index in [-0.39, 0.29) is 11.9 Å². The van der Waals surface area contributed by atoms with Crippen molar-refractivity contribution in [1.82, 2.24) is 25.9 Å². The monoisotopic (exact) mass is 275 g/mol. The molecule has 0 spiro atoms. The number of H-pyrrole nitrogens is 1. The molecule has 0 saturated carbocycles. The fraction of sp³-hybridized carbons (Fsp3) is 0.385. The summed E-state index contributed by atoms with van der Waals surface area (Å²) in [4.78, 5) is 11.9. The van der Waals surface area contributed by atoms with Crippen LogP contribution in [0.3, 0.4) is 0 Å². The van der Waals surface area contributed by atoms with Crippen LogP contribution in [0.4, 0.5) is 0 Å². The normalized spacial score (nSPS) is 11.9. The number of amides is 1. The number of ether oxygens (including phenoxy) is 1. The number of carbonyl (C=O) groups is 1. The third kappa shape index (κ3) is 3.53. The molecule has 1 atom stereocenters. The summed E-state index contributed by atoms with van der Waals surface area (Å²) in [6.45, 7) is 1.81. The molecule has 1 heterocycles. The maximum atomic E-state index is 11.9. The van der Waals surface area contributed by atoms with Gasteiger partial charge in [0.05, 0.1) is 13.2 Å².